The molecule has 0 atom stereocenters. The zero-order valence-electron chi connectivity index (χ0n) is 11.6. The summed E-state index contributed by atoms with van der Waals surface area (Å²) in [6.07, 6.45) is 0. The summed E-state index contributed by atoms with van der Waals surface area (Å²) < 4.78 is 6.14. The maximum atomic E-state index is 9.15. The quantitative estimate of drug-likeness (QED) is 0.835. The molecule has 2 nitrogen and oxygen atoms in total. The van der Waals surface area contributed by atoms with E-state index in [9.17, 15) is 0 Å². The SMILES string of the molecule is CC(C)(C)[SiH2]OC(C)(C)c1cccc(CO)c1. The molecule has 1 N–H and O–H groups in total. The van der Waals surface area contributed by atoms with Gasteiger partial charge in [0.15, 0.2) is 9.76 Å². The number of benzene rings is 1. The Labute approximate surface area is 107 Å². The fourth-order valence-corrected chi connectivity index (χ4v) is 2.48. The van der Waals surface area contributed by atoms with Crippen LogP contribution in [0.25, 0.3) is 0 Å². The summed E-state index contributed by atoms with van der Waals surface area (Å²) in [5, 5.41) is 9.45. The summed E-state index contributed by atoms with van der Waals surface area (Å²) in [7, 11) is -0.579. The minimum atomic E-state index is -0.579. The summed E-state index contributed by atoms with van der Waals surface area (Å²) in [5.41, 5.74) is 1.82. The maximum Gasteiger partial charge on any atom is 0.168 e. The van der Waals surface area contributed by atoms with Crippen molar-refractivity contribution in [2.24, 2.45) is 0 Å². The number of aliphatic hydroxyl groups excluding tert-OH is 1. The molecule has 0 fully saturated rings. The third-order valence-electron chi connectivity index (χ3n) is 2.67. The minimum absolute atomic E-state index is 0.0839. The third kappa shape index (κ3) is 4.62. The lowest BCUT2D eigenvalue weighted by Crippen LogP contribution is -2.27. The zero-order valence-corrected chi connectivity index (χ0v) is 13.0. The Hall–Kier alpha value is -0.643. The first kappa shape index (κ1) is 14.4. The molecule has 0 aromatic heterocycles. The van der Waals surface area contributed by atoms with Gasteiger partial charge >= 0.3 is 0 Å². The summed E-state index contributed by atoms with van der Waals surface area (Å²) in [5.74, 6) is 0. The molecule has 0 radical (unpaired) electrons. The van der Waals surface area contributed by atoms with E-state index in [1.807, 2.05) is 18.2 Å². The fourth-order valence-electron chi connectivity index (χ4n) is 1.52. The first-order chi connectivity index (χ1) is 7.74. The Morgan fingerprint density at radius 1 is 1.18 bits per heavy atom. The topological polar surface area (TPSA) is 29.5 Å². The van der Waals surface area contributed by atoms with Crippen LogP contribution >= 0.6 is 0 Å². The van der Waals surface area contributed by atoms with E-state index in [4.69, 9.17) is 9.53 Å². The highest BCUT2D eigenvalue weighted by Gasteiger charge is 2.24. The Kier molecular flexibility index (Phi) is 4.53. The molecule has 0 spiro atoms. The van der Waals surface area contributed by atoms with Crippen LogP contribution in [0, 0.1) is 0 Å². The molecule has 17 heavy (non-hydrogen) atoms. The van der Waals surface area contributed by atoms with Gasteiger partial charge < -0.3 is 9.53 Å². The Balaban J connectivity index is 2.81. The van der Waals surface area contributed by atoms with Crippen molar-refractivity contribution in [3.05, 3.63) is 35.4 Å². The minimum Gasteiger partial charge on any atom is -0.415 e. The first-order valence-corrected chi connectivity index (χ1v) is 7.37. The van der Waals surface area contributed by atoms with Crippen molar-refractivity contribution in [3.8, 4) is 0 Å². The zero-order chi connectivity index (χ0) is 13.1. The van der Waals surface area contributed by atoms with Crippen LogP contribution in [0.4, 0.5) is 0 Å². The van der Waals surface area contributed by atoms with Crippen LogP contribution in [0.2, 0.25) is 5.04 Å². The van der Waals surface area contributed by atoms with Crippen LogP contribution in [-0.4, -0.2) is 14.9 Å². The molecule has 0 heterocycles. The van der Waals surface area contributed by atoms with Crippen LogP contribution in [-0.2, 0) is 16.6 Å². The Bertz CT molecular complexity index is 367. The lowest BCUT2D eigenvalue weighted by Gasteiger charge is -2.30. The molecule has 0 unspecified atom stereocenters. The Morgan fingerprint density at radius 2 is 1.82 bits per heavy atom. The van der Waals surface area contributed by atoms with E-state index in [-0.39, 0.29) is 12.2 Å². The highest BCUT2D eigenvalue weighted by atomic mass is 28.2. The highest BCUT2D eigenvalue weighted by molar-refractivity contribution is 6.31. The van der Waals surface area contributed by atoms with E-state index in [1.165, 1.54) is 0 Å². The normalized spacial score (nSPS) is 13.5. The molecular weight excluding hydrogens is 228 g/mol. The summed E-state index contributed by atoms with van der Waals surface area (Å²) in [6.45, 7) is 10.9. The van der Waals surface area contributed by atoms with Crippen molar-refractivity contribution in [1.82, 2.24) is 0 Å². The average molecular weight is 252 g/mol. The molecular formula is C14H24O2Si. The molecule has 0 aliphatic carbocycles. The van der Waals surface area contributed by atoms with Crippen molar-refractivity contribution in [2.75, 3.05) is 0 Å². The first-order valence-electron chi connectivity index (χ1n) is 6.09. The van der Waals surface area contributed by atoms with Gasteiger partial charge in [-0.3, -0.25) is 0 Å². The van der Waals surface area contributed by atoms with E-state index in [0.717, 1.165) is 11.1 Å². The van der Waals surface area contributed by atoms with Crippen molar-refractivity contribution >= 4 is 9.76 Å². The van der Waals surface area contributed by atoms with E-state index in [2.05, 4.69) is 40.7 Å². The van der Waals surface area contributed by atoms with Gasteiger partial charge in [0.1, 0.15) is 0 Å². The average Bonchev–Trinajstić information content (AvgIpc) is 2.26. The van der Waals surface area contributed by atoms with Gasteiger partial charge in [-0.05, 0) is 30.0 Å². The standard InChI is InChI=1S/C14H24O2Si/c1-13(2,3)17-16-14(4,5)12-8-6-7-11(9-12)10-15/h6-9,15H,10,17H2,1-5H3. The second-order valence-electron chi connectivity index (χ2n) is 6.22. The smallest absolute Gasteiger partial charge is 0.168 e. The molecule has 0 saturated heterocycles. The molecule has 1 aromatic rings. The number of rotatable bonds is 4. The summed E-state index contributed by atoms with van der Waals surface area (Å²) in [6, 6.07) is 8.00. The number of hydrogen-bond acceptors (Lipinski definition) is 2. The molecule has 3 heteroatoms. The van der Waals surface area contributed by atoms with E-state index >= 15 is 0 Å². The number of hydrogen-bond donors (Lipinski definition) is 1. The molecule has 0 aliphatic heterocycles. The van der Waals surface area contributed by atoms with Gasteiger partial charge in [-0.2, -0.15) is 0 Å². The lowest BCUT2D eigenvalue weighted by molar-refractivity contribution is 0.109. The predicted octanol–water partition coefficient (Wildman–Crippen LogP) is 2.73. The molecule has 0 saturated carbocycles. The van der Waals surface area contributed by atoms with E-state index in [0.29, 0.717) is 5.04 Å². The molecule has 96 valence electrons. The second kappa shape index (κ2) is 5.34. The van der Waals surface area contributed by atoms with Crippen molar-refractivity contribution in [2.45, 2.75) is 51.9 Å². The van der Waals surface area contributed by atoms with Gasteiger partial charge in [-0.25, -0.2) is 0 Å². The number of aliphatic hydroxyl groups is 1. The molecule has 0 bridgehead atoms. The highest BCUT2D eigenvalue weighted by Crippen LogP contribution is 2.29. The van der Waals surface area contributed by atoms with Crippen LogP contribution in [0.3, 0.4) is 0 Å². The van der Waals surface area contributed by atoms with E-state index < -0.39 is 9.76 Å². The summed E-state index contributed by atoms with van der Waals surface area (Å²) >= 11 is 0. The van der Waals surface area contributed by atoms with Crippen molar-refractivity contribution in [1.29, 1.82) is 0 Å². The largest absolute Gasteiger partial charge is 0.415 e. The molecule has 1 aromatic carbocycles. The molecule has 0 amide bonds. The van der Waals surface area contributed by atoms with Gasteiger partial charge in [0.25, 0.3) is 0 Å². The van der Waals surface area contributed by atoms with Crippen LogP contribution in [0.15, 0.2) is 24.3 Å². The monoisotopic (exact) mass is 252 g/mol. The van der Waals surface area contributed by atoms with Crippen molar-refractivity contribution < 1.29 is 9.53 Å². The fraction of sp³-hybridized carbons (Fsp3) is 0.571. The summed E-state index contributed by atoms with van der Waals surface area (Å²) in [4.78, 5) is 0. The van der Waals surface area contributed by atoms with E-state index in [1.54, 1.807) is 0 Å². The third-order valence-corrected chi connectivity index (χ3v) is 4.40. The van der Waals surface area contributed by atoms with Crippen LogP contribution in [0.5, 0.6) is 0 Å². The van der Waals surface area contributed by atoms with Gasteiger partial charge in [0.05, 0.1) is 12.2 Å². The van der Waals surface area contributed by atoms with Gasteiger partial charge in [0, 0.05) is 0 Å². The van der Waals surface area contributed by atoms with Crippen LogP contribution < -0.4 is 0 Å². The molecule has 1 rings (SSSR count). The lowest BCUT2D eigenvalue weighted by atomic mass is 9.97. The van der Waals surface area contributed by atoms with Crippen LogP contribution in [0.1, 0.15) is 45.7 Å². The predicted molar refractivity (Wildman–Crippen MR) is 74.7 cm³/mol. The maximum absolute atomic E-state index is 9.15. The van der Waals surface area contributed by atoms with Gasteiger partial charge in [-0.15, -0.1) is 0 Å². The van der Waals surface area contributed by atoms with Gasteiger partial charge in [-0.1, -0.05) is 45.0 Å². The Morgan fingerprint density at radius 3 is 2.35 bits per heavy atom. The van der Waals surface area contributed by atoms with Gasteiger partial charge in [0.2, 0.25) is 0 Å². The molecule has 0 aliphatic rings. The van der Waals surface area contributed by atoms with Crippen molar-refractivity contribution in [3.63, 3.8) is 0 Å². The second-order valence-corrected chi connectivity index (χ2v) is 8.92.